The van der Waals surface area contributed by atoms with Gasteiger partial charge in [-0.25, -0.2) is 4.79 Å². The Morgan fingerprint density at radius 1 is 1.23 bits per heavy atom. The first-order valence-electron chi connectivity index (χ1n) is 7.72. The molecule has 22 heavy (non-hydrogen) atoms. The monoisotopic (exact) mass is 307 g/mol. The molecule has 1 amide bonds. The highest BCUT2D eigenvalue weighted by molar-refractivity contribution is 5.84. The van der Waals surface area contributed by atoms with Crippen molar-refractivity contribution in [2.24, 2.45) is 0 Å². The average molecular weight is 307 g/mol. The first-order valence-corrected chi connectivity index (χ1v) is 7.72. The zero-order valence-electron chi connectivity index (χ0n) is 13.2. The summed E-state index contributed by atoms with van der Waals surface area (Å²) in [5, 5.41) is 12.2. The van der Waals surface area contributed by atoms with E-state index in [1.54, 1.807) is 0 Å². The molecule has 0 aliphatic carbocycles. The van der Waals surface area contributed by atoms with E-state index in [-0.39, 0.29) is 12.5 Å². The summed E-state index contributed by atoms with van der Waals surface area (Å²) in [6.07, 6.45) is 2.10. The molecule has 0 bridgehead atoms. The minimum atomic E-state index is -1.03. The summed E-state index contributed by atoms with van der Waals surface area (Å²) < 4.78 is 5.16. The summed E-state index contributed by atoms with van der Waals surface area (Å²) in [6.45, 7) is 3.63. The van der Waals surface area contributed by atoms with E-state index in [1.807, 2.05) is 30.3 Å². The molecule has 1 rings (SSSR count). The number of esters is 1. The SMILES string of the molecule is CCCCCC(=O)NC(C(=O)OCc1ccccc1)C(C)O. The molecule has 0 fully saturated rings. The van der Waals surface area contributed by atoms with E-state index in [9.17, 15) is 14.7 Å². The van der Waals surface area contributed by atoms with Gasteiger partial charge in [0.05, 0.1) is 6.10 Å². The lowest BCUT2D eigenvalue weighted by atomic mass is 10.1. The fourth-order valence-corrected chi connectivity index (χ4v) is 1.98. The molecule has 5 nitrogen and oxygen atoms in total. The number of amides is 1. The van der Waals surface area contributed by atoms with Gasteiger partial charge in [-0.3, -0.25) is 4.79 Å². The van der Waals surface area contributed by atoms with Crippen LogP contribution in [0.4, 0.5) is 0 Å². The van der Waals surface area contributed by atoms with Gasteiger partial charge in [0, 0.05) is 6.42 Å². The molecule has 0 aliphatic heterocycles. The van der Waals surface area contributed by atoms with Gasteiger partial charge in [-0.05, 0) is 18.9 Å². The quantitative estimate of drug-likeness (QED) is 0.541. The van der Waals surface area contributed by atoms with Gasteiger partial charge in [0.25, 0.3) is 0 Å². The average Bonchev–Trinajstić information content (AvgIpc) is 2.51. The molecule has 0 heterocycles. The van der Waals surface area contributed by atoms with Crippen LogP contribution >= 0.6 is 0 Å². The Morgan fingerprint density at radius 2 is 1.91 bits per heavy atom. The third-order valence-corrected chi connectivity index (χ3v) is 3.28. The smallest absolute Gasteiger partial charge is 0.331 e. The standard InChI is InChI=1S/C17H25NO4/c1-3-4-6-11-15(20)18-16(13(2)19)17(21)22-12-14-9-7-5-8-10-14/h5,7-10,13,16,19H,3-4,6,11-12H2,1-2H3,(H,18,20). The van der Waals surface area contributed by atoms with Crippen molar-refractivity contribution in [3.8, 4) is 0 Å². The van der Waals surface area contributed by atoms with Crippen LogP contribution in [-0.2, 0) is 20.9 Å². The van der Waals surface area contributed by atoms with Gasteiger partial charge in [0.15, 0.2) is 6.04 Å². The second-order valence-electron chi connectivity index (χ2n) is 5.34. The van der Waals surface area contributed by atoms with E-state index >= 15 is 0 Å². The van der Waals surface area contributed by atoms with E-state index in [1.165, 1.54) is 6.92 Å². The lowest BCUT2D eigenvalue weighted by Gasteiger charge is -2.20. The van der Waals surface area contributed by atoms with Crippen molar-refractivity contribution in [1.82, 2.24) is 5.32 Å². The summed E-state index contributed by atoms with van der Waals surface area (Å²) in [5.41, 5.74) is 0.856. The fourth-order valence-electron chi connectivity index (χ4n) is 1.98. The number of carbonyl (C=O) groups excluding carboxylic acids is 2. The maximum Gasteiger partial charge on any atom is 0.331 e. The summed E-state index contributed by atoms with van der Waals surface area (Å²) in [4.78, 5) is 23.8. The van der Waals surface area contributed by atoms with Crippen molar-refractivity contribution in [3.63, 3.8) is 0 Å². The number of ether oxygens (including phenoxy) is 1. The maximum atomic E-state index is 12.0. The van der Waals surface area contributed by atoms with Crippen LogP contribution in [0.25, 0.3) is 0 Å². The molecule has 0 saturated heterocycles. The Kier molecular flexibility index (Phi) is 8.22. The number of hydrogen-bond acceptors (Lipinski definition) is 4. The molecule has 2 unspecified atom stereocenters. The van der Waals surface area contributed by atoms with E-state index in [0.29, 0.717) is 6.42 Å². The Balaban J connectivity index is 2.47. The van der Waals surface area contributed by atoms with Crippen LogP contribution in [0, 0.1) is 0 Å². The van der Waals surface area contributed by atoms with Crippen LogP contribution in [0.1, 0.15) is 45.1 Å². The predicted molar refractivity (Wildman–Crippen MR) is 84.0 cm³/mol. The number of aliphatic hydroxyl groups excluding tert-OH is 1. The Hall–Kier alpha value is -1.88. The maximum absolute atomic E-state index is 12.0. The van der Waals surface area contributed by atoms with Crippen LogP contribution in [-0.4, -0.2) is 29.1 Å². The first-order chi connectivity index (χ1) is 10.5. The van der Waals surface area contributed by atoms with Gasteiger partial charge in [-0.1, -0.05) is 50.1 Å². The molecular weight excluding hydrogens is 282 g/mol. The van der Waals surface area contributed by atoms with Crippen molar-refractivity contribution in [2.45, 2.75) is 58.3 Å². The number of unbranched alkanes of at least 4 members (excludes halogenated alkanes) is 2. The van der Waals surface area contributed by atoms with Crippen LogP contribution in [0.15, 0.2) is 30.3 Å². The lowest BCUT2D eigenvalue weighted by molar-refractivity contribution is -0.152. The topological polar surface area (TPSA) is 75.6 Å². The van der Waals surface area contributed by atoms with Gasteiger partial charge in [0.1, 0.15) is 6.61 Å². The van der Waals surface area contributed by atoms with E-state index in [4.69, 9.17) is 4.74 Å². The summed E-state index contributed by atoms with van der Waals surface area (Å²) in [6, 6.07) is 8.23. The molecule has 0 saturated carbocycles. The zero-order chi connectivity index (χ0) is 16.4. The van der Waals surface area contributed by atoms with Crippen LogP contribution in [0.2, 0.25) is 0 Å². The second-order valence-corrected chi connectivity index (χ2v) is 5.34. The second kappa shape index (κ2) is 9.95. The van der Waals surface area contributed by atoms with Crippen molar-refractivity contribution in [2.75, 3.05) is 0 Å². The van der Waals surface area contributed by atoms with Crippen LogP contribution in [0.3, 0.4) is 0 Å². The van der Waals surface area contributed by atoms with Crippen molar-refractivity contribution < 1.29 is 19.4 Å². The highest BCUT2D eigenvalue weighted by atomic mass is 16.5. The summed E-state index contributed by atoms with van der Waals surface area (Å²) in [7, 11) is 0. The molecule has 122 valence electrons. The molecule has 2 N–H and O–H groups in total. The van der Waals surface area contributed by atoms with Gasteiger partial charge in [-0.2, -0.15) is 0 Å². The fraction of sp³-hybridized carbons (Fsp3) is 0.529. The first kappa shape index (κ1) is 18.2. The van der Waals surface area contributed by atoms with E-state index < -0.39 is 18.1 Å². The molecule has 0 spiro atoms. The molecule has 0 aliphatic rings. The molecule has 0 radical (unpaired) electrons. The Labute approximate surface area is 131 Å². The van der Waals surface area contributed by atoms with Gasteiger partial charge in [-0.15, -0.1) is 0 Å². The Bertz CT molecular complexity index is 459. The number of rotatable bonds is 9. The third kappa shape index (κ3) is 6.72. The number of aliphatic hydroxyl groups is 1. The minimum Gasteiger partial charge on any atom is -0.459 e. The molecule has 1 aromatic rings. The lowest BCUT2D eigenvalue weighted by Crippen LogP contribution is -2.48. The number of nitrogens with one attached hydrogen (secondary N) is 1. The van der Waals surface area contributed by atoms with Gasteiger partial charge >= 0.3 is 5.97 Å². The summed E-state index contributed by atoms with van der Waals surface area (Å²) >= 11 is 0. The van der Waals surface area contributed by atoms with Crippen molar-refractivity contribution >= 4 is 11.9 Å². The van der Waals surface area contributed by atoms with Crippen LogP contribution in [0.5, 0.6) is 0 Å². The van der Waals surface area contributed by atoms with Gasteiger partial charge in [0.2, 0.25) is 5.91 Å². The largest absolute Gasteiger partial charge is 0.459 e. The molecular formula is C17H25NO4. The molecule has 2 atom stereocenters. The Morgan fingerprint density at radius 3 is 2.50 bits per heavy atom. The molecule has 5 heteroatoms. The molecule has 1 aromatic carbocycles. The number of hydrogen-bond donors (Lipinski definition) is 2. The highest BCUT2D eigenvalue weighted by Gasteiger charge is 2.26. The highest BCUT2D eigenvalue weighted by Crippen LogP contribution is 2.05. The third-order valence-electron chi connectivity index (χ3n) is 3.28. The molecule has 0 aromatic heterocycles. The predicted octanol–water partition coefficient (Wildman–Crippen LogP) is 2.18. The zero-order valence-corrected chi connectivity index (χ0v) is 13.2. The van der Waals surface area contributed by atoms with E-state index in [0.717, 1.165) is 24.8 Å². The van der Waals surface area contributed by atoms with Crippen molar-refractivity contribution in [1.29, 1.82) is 0 Å². The normalized spacial score (nSPS) is 13.2. The van der Waals surface area contributed by atoms with E-state index in [2.05, 4.69) is 12.2 Å². The van der Waals surface area contributed by atoms with Crippen molar-refractivity contribution in [3.05, 3.63) is 35.9 Å². The van der Waals surface area contributed by atoms with Crippen LogP contribution < -0.4 is 5.32 Å². The summed E-state index contributed by atoms with van der Waals surface area (Å²) in [5.74, 6) is -0.862. The minimum absolute atomic E-state index is 0.120. The van der Waals surface area contributed by atoms with Gasteiger partial charge < -0.3 is 15.2 Å². The number of benzene rings is 1. The number of carbonyl (C=O) groups is 2.